The van der Waals surface area contributed by atoms with Crippen molar-refractivity contribution in [2.24, 2.45) is 0 Å². The van der Waals surface area contributed by atoms with E-state index in [1.165, 1.54) is 23.2 Å². The Hall–Kier alpha value is -1.27. The molecule has 7 heteroatoms. The first-order chi connectivity index (χ1) is 6.77. The highest BCUT2D eigenvalue weighted by molar-refractivity contribution is 7.10. The van der Waals surface area contributed by atoms with E-state index in [4.69, 9.17) is 11.6 Å². The molecule has 0 N–H and O–H groups in total. The van der Waals surface area contributed by atoms with Crippen LogP contribution in [0.15, 0.2) is 23.4 Å². The minimum Gasteiger partial charge on any atom is -0.293 e. The fraction of sp³-hybridized carbons (Fsp3) is 0.143. The predicted molar refractivity (Wildman–Crippen MR) is 52.5 cm³/mol. The summed E-state index contributed by atoms with van der Waals surface area (Å²) in [5.74, 6) is 0. The molecule has 0 unspecified atom stereocenters. The summed E-state index contributed by atoms with van der Waals surface area (Å²) in [6.45, 7) is 0.308. The highest BCUT2D eigenvalue weighted by Gasteiger charge is 2.06. The van der Waals surface area contributed by atoms with Gasteiger partial charge in [-0.3, -0.25) is 9.36 Å². The highest BCUT2D eigenvalue weighted by Crippen LogP contribution is 2.17. The molecule has 5 nitrogen and oxygen atoms in total. The van der Waals surface area contributed by atoms with Gasteiger partial charge in [0.2, 0.25) is 0 Å². The van der Waals surface area contributed by atoms with Crippen LogP contribution in [0.3, 0.4) is 0 Å². The number of nitrogens with zero attached hydrogens (tertiary/aromatic N) is 4. The normalized spacial score (nSPS) is 10.4. The van der Waals surface area contributed by atoms with Crippen LogP contribution in [-0.2, 0) is 6.54 Å². The highest BCUT2D eigenvalue weighted by atomic mass is 35.5. The van der Waals surface area contributed by atoms with E-state index >= 15 is 0 Å². The van der Waals surface area contributed by atoms with Gasteiger partial charge in [0.15, 0.2) is 0 Å². The lowest BCUT2D eigenvalue weighted by Gasteiger charge is -2.00. The van der Waals surface area contributed by atoms with Crippen LogP contribution < -0.4 is 5.56 Å². The minimum absolute atomic E-state index is 0.135. The molecule has 0 saturated carbocycles. The first kappa shape index (κ1) is 9.29. The number of aromatic nitrogens is 4. The van der Waals surface area contributed by atoms with Gasteiger partial charge in [-0.2, -0.15) is 0 Å². The van der Waals surface area contributed by atoms with Gasteiger partial charge in [-0.25, -0.2) is 4.98 Å². The van der Waals surface area contributed by atoms with Crippen molar-refractivity contribution < 1.29 is 0 Å². The molecular formula is C7H5ClN4OS. The molecule has 2 aromatic rings. The summed E-state index contributed by atoms with van der Waals surface area (Å²) < 4.78 is 5.59. The molecule has 0 radical (unpaired) electrons. The Morgan fingerprint density at radius 2 is 2.43 bits per heavy atom. The molecule has 14 heavy (non-hydrogen) atoms. The van der Waals surface area contributed by atoms with Crippen LogP contribution in [0.2, 0.25) is 4.34 Å². The Balaban J connectivity index is 2.32. The molecule has 0 saturated heterocycles. The van der Waals surface area contributed by atoms with E-state index in [0.29, 0.717) is 16.6 Å². The van der Waals surface area contributed by atoms with Crippen molar-refractivity contribution in [3.05, 3.63) is 39.0 Å². The largest absolute Gasteiger partial charge is 0.293 e. The summed E-state index contributed by atoms with van der Waals surface area (Å²) in [6.07, 6.45) is 2.89. The topological polar surface area (TPSA) is 60.7 Å². The van der Waals surface area contributed by atoms with Crippen LogP contribution in [0, 0.1) is 0 Å². The number of hydrogen-bond acceptors (Lipinski definition) is 5. The van der Waals surface area contributed by atoms with Gasteiger partial charge in [-0.05, 0) is 0 Å². The average molecular weight is 229 g/mol. The van der Waals surface area contributed by atoms with E-state index in [2.05, 4.69) is 14.6 Å². The molecule has 0 aromatic carbocycles. The van der Waals surface area contributed by atoms with Gasteiger partial charge in [-0.1, -0.05) is 16.1 Å². The van der Waals surface area contributed by atoms with Crippen molar-refractivity contribution in [1.82, 2.24) is 19.1 Å². The maximum absolute atomic E-state index is 11.3. The molecule has 0 atom stereocenters. The Kier molecular flexibility index (Phi) is 2.55. The lowest BCUT2D eigenvalue weighted by atomic mass is 10.5. The van der Waals surface area contributed by atoms with Crippen molar-refractivity contribution in [3.63, 3.8) is 0 Å². The molecule has 2 rings (SSSR count). The van der Waals surface area contributed by atoms with Gasteiger partial charge in [0.05, 0.1) is 12.9 Å². The van der Waals surface area contributed by atoms with Gasteiger partial charge in [0, 0.05) is 23.8 Å². The van der Waals surface area contributed by atoms with E-state index < -0.39 is 0 Å². The molecule has 0 fully saturated rings. The molecular weight excluding hydrogens is 224 g/mol. The summed E-state index contributed by atoms with van der Waals surface area (Å²) in [7, 11) is 0. The monoisotopic (exact) mass is 228 g/mol. The van der Waals surface area contributed by atoms with E-state index in [0.717, 1.165) is 11.5 Å². The second kappa shape index (κ2) is 3.85. The lowest BCUT2D eigenvalue weighted by Crippen LogP contribution is -2.19. The molecule has 0 aliphatic heterocycles. The van der Waals surface area contributed by atoms with Crippen LogP contribution in [0.5, 0.6) is 0 Å². The zero-order valence-electron chi connectivity index (χ0n) is 6.92. The second-order valence-electron chi connectivity index (χ2n) is 2.54. The maximum Gasteiger partial charge on any atom is 0.253 e. The number of halogens is 1. The lowest BCUT2D eigenvalue weighted by molar-refractivity contribution is 0.716. The third-order valence-electron chi connectivity index (χ3n) is 1.62. The number of rotatable bonds is 2. The summed E-state index contributed by atoms with van der Waals surface area (Å²) >= 11 is 6.90. The fourth-order valence-corrected chi connectivity index (χ4v) is 1.56. The molecule has 0 spiro atoms. The molecule has 0 aliphatic carbocycles. The predicted octanol–water partition coefficient (Wildman–Crippen LogP) is 0.796. The summed E-state index contributed by atoms with van der Waals surface area (Å²) in [5, 5.41) is 3.80. The van der Waals surface area contributed by atoms with Crippen LogP contribution in [0.1, 0.15) is 5.69 Å². The Morgan fingerprint density at radius 3 is 3.07 bits per heavy atom. The van der Waals surface area contributed by atoms with Gasteiger partial charge < -0.3 is 0 Å². The van der Waals surface area contributed by atoms with Gasteiger partial charge in [0.25, 0.3) is 5.56 Å². The average Bonchev–Trinajstić information content (AvgIpc) is 2.56. The standard InChI is InChI=1S/C7H5ClN4OS/c8-7-5(10-11-14-7)3-12-4-9-2-1-6(12)13/h1-2,4H,3H2. The van der Waals surface area contributed by atoms with Crippen molar-refractivity contribution in [2.45, 2.75) is 6.54 Å². The SMILES string of the molecule is O=c1ccncn1Cc1nnsc1Cl. The van der Waals surface area contributed by atoms with Gasteiger partial charge in [-0.15, -0.1) is 5.10 Å². The van der Waals surface area contributed by atoms with Crippen molar-refractivity contribution in [1.29, 1.82) is 0 Å². The summed E-state index contributed by atoms with van der Waals surface area (Å²) in [4.78, 5) is 15.1. The van der Waals surface area contributed by atoms with Crippen molar-refractivity contribution in [2.75, 3.05) is 0 Å². The molecule has 2 heterocycles. The smallest absolute Gasteiger partial charge is 0.253 e. The fourth-order valence-electron chi connectivity index (χ4n) is 0.950. The van der Waals surface area contributed by atoms with Crippen LogP contribution >= 0.6 is 23.1 Å². The first-order valence-corrected chi connectivity index (χ1v) is 4.89. The van der Waals surface area contributed by atoms with Gasteiger partial charge >= 0.3 is 0 Å². The maximum atomic E-state index is 11.3. The van der Waals surface area contributed by atoms with Crippen molar-refractivity contribution >= 4 is 23.1 Å². The summed E-state index contributed by atoms with van der Waals surface area (Å²) in [6, 6.07) is 1.38. The molecule has 0 aliphatic rings. The molecule has 0 amide bonds. The first-order valence-electron chi connectivity index (χ1n) is 3.74. The van der Waals surface area contributed by atoms with Crippen molar-refractivity contribution in [3.8, 4) is 0 Å². The van der Waals surface area contributed by atoms with E-state index in [1.54, 1.807) is 0 Å². The molecule has 72 valence electrons. The van der Waals surface area contributed by atoms with E-state index in [-0.39, 0.29) is 5.56 Å². The third kappa shape index (κ3) is 1.80. The molecule has 0 bridgehead atoms. The Morgan fingerprint density at radius 1 is 1.57 bits per heavy atom. The third-order valence-corrected chi connectivity index (χ3v) is 2.61. The molecule has 2 aromatic heterocycles. The van der Waals surface area contributed by atoms with Gasteiger partial charge in [0.1, 0.15) is 10.0 Å². The van der Waals surface area contributed by atoms with Crippen LogP contribution in [0.25, 0.3) is 0 Å². The zero-order valence-corrected chi connectivity index (χ0v) is 8.49. The van der Waals surface area contributed by atoms with E-state index in [9.17, 15) is 4.79 Å². The Bertz CT molecular complexity index is 494. The minimum atomic E-state index is -0.135. The zero-order chi connectivity index (χ0) is 9.97. The quantitative estimate of drug-likeness (QED) is 0.763. The van der Waals surface area contributed by atoms with Crippen LogP contribution in [0.4, 0.5) is 0 Å². The Labute approximate surface area is 88.2 Å². The van der Waals surface area contributed by atoms with E-state index in [1.807, 2.05) is 0 Å². The second-order valence-corrected chi connectivity index (χ2v) is 3.90. The number of hydrogen-bond donors (Lipinski definition) is 0. The van der Waals surface area contributed by atoms with Crippen LogP contribution in [-0.4, -0.2) is 19.1 Å². The summed E-state index contributed by atoms with van der Waals surface area (Å²) in [5.41, 5.74) is 0.454.